The summed E-state index contributed by atoms with van der Waals surface area (Å²) >= 11 is 0. The summed E-state index contributed by atoms with van der Waals surface area (Å²) in [6.45, 7) is 3.21. The van der Waals surface area contributed by atoms with Gasteiger partial charge in [-0.3, -0.25) is 0 Å². The molecule has 1 N–H and O–H groups in total. The highest BCUT2D eigenvalue weighted by Gasteiger charge is 2.19. The largest absolute Gasteiger partial charge is 0.445 e. The van der Waals surface area contributed by atoms with Crippen molar-refractivity contribution in [1.29, 1.82) is 0 Å². The number of hydrogen-bond acceptors (Lipinski definition) is 3. The number of rotatable bonds is 4. The molecule has 1 saturated heterocycles. The van der Waals surface area contributed by atoms with E-state index in [4.69, 9.17) is 4.74 Å². The van der Waals surface area contributed by atoms with Gasteiger partial charge in [-0.15, -0.1) is 0 Å². The monoisotopic (exact) mass is 248 g/mol. The molecule has 1 unspecified atom stereocenters. The predicted octanol–water partition coefficient (Wildman–Crippen LogP) is 1.86. The molecule has 1 amide bonds. The third-order valence-electron chi connectivity index (χ3n) is 3.24. The summed E-state index contributed by atoms with van der Waals surface area (Å²) in [5.74, 6) is 0.555. The average Bonchev–Trinajstić information content (AvgIpc) is 2.81. The van der Waals surface area contributed by atoms with Crippen molar-refractivity contribution in [3.05, 3.63) is 35.9 Å². The van der Waals surface area contributed by atoms with Crippen LogP contribution in [0.1, 0.15) is 12.0 Å². The van der Waals surface area contributed by atoms with Gasteiger partial charge in [0, 0.05) is 13.1 Å². The van der Waals surface area contributed by atoms with Gasteiger partial charge >= 0.3 is 6.09 Å². The number of nitrogens with zero attached hydrogens (tertiary/aromatic N) is 1. The van der Waals surface area contributed by atoms with E-state index >= 15 is 0 Å². The first-order chi connectivity index (χ1) is 8.74. The molecule has 2 rings (SSSR count). The quantitative estimate of drug-likeness (QED) is 0.884. The Bertz CT molecular complexity index is 381. The third kappa shape index (κ3) is 4.04. The fourth-order valence-corrected chi connectivity index (χ4v) is 2.19. The van der Waals surface area contributed by atoms with Crippen LogP contribution >= 0.6 is 0 Å². The van der Waals surface area contributed by atoms with Gasteiger partial charge in [-0.05, 0) is 31.5 Å². The first-order valence-electron chi connectivity index (χ1n) is 6.37. The molecule has 98 valence electrons. The van der Waals surface area contributed by atoms with Crippen molar-refractivity contribution in [2.75, 3.05) is 26.7 Å². The lowest BCUT2D eigenvalue weighted by molar-refractivity contribution is 0.138. The highest BCUT2D eigenvalue weighted by Crippen LogP contribution is 2.12. The Morgan fingerprint density at radius 2 is 2.22 bits per heavy atom. The van der Waals surface area contributed by atoms with Gasteiger partial charge in [0.15, 0.2) is 0 Å². The molecule has 1 aromatic carbocycles. The van der Waals surface area contributed by atoms with Gasteiger partial charge in [0.2, 0.25) is 0 Å². The normalized spacial score (nSPS) is 19.7. The molecule has 0 spiro atoms. The summed E-state index contributed by atoms with van der Waals surface area (Å²) in [5.41, 5.74) is 1.01. The summed E-state index contributed by atoms with van der Waals surface area (Å²) < 4.78 is 5.15. The minimum absolute atomic E-state index is 0.326. The van der Waals surface area contributed by atoms with E-state index in [0.717, 1.165) is 25.1 Å². The Balaban J connectivity index is 1.63. The van der Waals surface area contributed by atoms with Crippen LogP contribution in [0, 0.1) is 5.92 Å². The Kier molecular flexibility index (Phi) is 4.59. The summed E-state index contributed by atoms with van der Waals surface area (Å²) in [7, 11) is 2.10. The van der Waals surface area contributed by atoms with Gasteiger partial charge in [-0.2, -0.15) is 0 Å². The molecule has 1 fully saturated rings. The molecule has 0 saturated carbocycles. The lowest BCUT2D eigenvalue weighted by atomic mass is 10.1. The van der Waals surface area contributed by atoms with Crippen LogP contribution in [0.2, 0.25) is 0 Å². The standard InChI is InChI=1S/C14H20N2O2/c1-16-8-7-13(10-16)9-15-14(17)18-11-12-5-3-2-4-6-12/h2-6,13H,7-11H2,1H3,(H,15,17). The van der Waals surface area contributed by atoms with E-state index in [1.165, 1.54) is 0 Å². The third-order valence-corrected chi connectivity index (χ3v) is 3.24. The van der Waals surface area contributed by atoms with E-state index in [0.29, 0.717) is 19.1 Å². The molecule has 0 aliphatic carbocycles. The Morgan fingerprint density at radius 1 is 1.44 bits per heavy atom. The van der Waals surface area contributed by atoms with E-state index in [1.807, 2.05) is 30.3 Å². The van der Waals surface area contributed by atoms with Crippen LogP contribution < -0.4 is 5.32 Å². The number of amides is 1. The minimum atomic E-state index is -0.326. The van der Waals surface area contributed by atoms with E-state index in [2.05, 4.69) is 17.3 Å². The van der Waals surface area contributed by atoms with Crippen LogP contribution in [0.5, 0.6) is 0 Å². The van der Waals surface area contributed by atoms with Crippen LogP contribution in [0.25, 0.3) is 0 Å². The minimum Gasteiger partial charge on any atom is -0.445 e. The van der Waals surface area contributed by atoms with E-state index in [-0.39, 0.29) is 6.09 Å². The Labute approximate surface area is 108 Å². The molecule has 4 heteroatoms. The molecule has 0 aromatic heterocycles. The number of benzene rings is 1. The molecule has 0 bridgehead atoms. The van der Waals surface area contributed by atoms with Crippen molar-refractivity contribution < 1.29 is 9.53 Å². The van der Waals surface area contributed by atoms with E-state index < -0.39 is 0 Å². The first-order valence-corrected chi connectivity index (χ1v) is 6.37. The number of hydrogen-bond donors (Lipinski definition) is 1. The molecule has 1 aliphatic heterocycles. The van der Waals surface area contributed by atoms with Crippen molar-refractivity contribution >= 4 is 6.09 Å². The van der Waals surface area contributed by atoms with Crippen LogP contribution in [0.4, 0.5) is 4.79 Å². The van der Waals surface area contributed by atoms with Gasteiger partial charge in [0.25, 0.3) is 0 Å². The van der Waals surface area contributed by atoms with Crippen molar-refractivity contribution in [1.82, 2.24) is 10.2 Å². The second kappa shape index (κ2) is 6.40. The highest BCUT2D eigenvalue weighted by atomic mass is 16.5. The molecule has 1 heterocycles. The van der Waals surface area contributed by atoms with Crippen LogP contribution in [0.3, 0.4) is 0 Å². The number of likely N-dealkylation sites (tertiary alicyclic amines) is 1. The Morgan fingerprint density at radius 3 is 2.89 bits per heavy atom. The smallest absolute Gasteiger partial charge is 0.407 e. The highest BCUT2D eigenvalue weighted by molar-refractivity contribution is 5.67. The van der Waals surface area contributed by atoms with Crippen molar-refractivity contribution in [2.45, 2.75) is 13.0 Å². The zero-order valence-corrected chi connectivity index (χ0v) is 10.8. The van der Waals surface area contributed by atoms with Gasteiger partial charge in [-0.1, -0.05) is 30.3 Å². The molecule has 1 atom stereocenters. The maximum atomic E-state index is 11.5. The molecule has 1 aromatic rings. The van der Waals surface area contributed by atoms with Gasteiger partial charge in [0.1, 0.15) is 6.61 Å². The van der Waals surface area contributed by atoms with Gasteiger partial charge in [0.05, 0.1) is 0 Å². The van der Waals surface area contributed by atoms with E-state index in [1.54, 1.807) is 0 Å². The fraction of sp³-hybridized carbons (Fsp3) is 0.500. The summed E-state index contributed by atoms with van der Waals surface area (Å²) in [6, 6.07) is 9.70. The maximum absolute atomic E-state index is 11.5. The summed E-state index contributed by atoms with van der Waals surface area (Å²) in [6.07, 6.45) is 0.823. The van der Waals surface area contributed by atoms with Crippen LogP contribution in [0.15, 0.2) is 30.3 Å². The molecular weight excluding hydrogens is 228 g/mol. The number of ether oxygens (including phenoxy) is 1. The number of nitrogens with one attached hydrogen (secondary N) is 1. The van der Waals surface area contributed by atoms with Crippen LogP contribution in [-0.4, -0.2) is 37.7 Å². The van der Waals surface area contributed by atoms with Crippen molar-refractivity contribution in [2.24, 2.45) is 5.92 Å². The fourth-order valence-electron chi connectivity index (χ4n) is 2.19. The molecule has 0 radical (unpaired) electrons. The summed E-state index contributed by atoms with van der Waals surface area (Å²) in [5, 5.41) is 2.83. The zero-order valence-electron chi connectivity index (χ0n) is 10.8. The SMILES string of the molecule is CN1CCC(CNC(=O)OCc2ccccc2)C1. The Hall–Kier alpha value is -1.55. The predicted molar refractivity (Wildman–Crippen MR) is 70.2 cm³/mol. The van der Waals surface area contributed by atoms with Gasteiger partial charge < -0.3 is 15.0 Å². The second-order valence-corrected chi connectivity index (χ2v) is 4.86. The number of alkyl carbamates (subject to hydrolysis) is 1. The van der Waals surface area contributed by atoms with Crippen molar-refractivity contribution in [3.8, 4) is 0 Å². The zero-order chi connectivity index (χ0) is 12.8. The lowest BCUT2D eigenvalue weighted by Crippen LogP contribution is -2.30. The topological polar surface area (TPSA) is 41.6 Å². The van der Waals surface area contributed by atoms with E-state index in [9.17, 15) is 4.79 Å². The summed E-state index contributed by atoms with van der Waals surface area (Å²) in [4.78, 5) is 13.8. The lowest BCUT2D eigenvalue weighted by Gasteiger charge is -2.12. The first kappa shape index (κ1) is 12.9. The maximum Gasteiger partial charge on any atom is 0.407 e. The second-order valence-electron chi connectivity index (χ2n) is 4.86. The van der Waals surface area contributed by atoms with Gasteiger partial charge in [-0.25, -0.2) is 4.79 Å². The molecular formula is C14H20N2O2. The van der Waals surface area contributed by atoms with Crippen LogP contribution in [-0.2, 0) is 11.3 Å². The molecule has 4 nitrogen and oxygen atoms in total. The number of carbonyl (C=O) groups is 1. The molecule has 18 heavy (non-hydrogen) atoms. The average molecular weight is 248 g/mol. The van der Waals surface area contributed by atoms with Crippen molar-refractivity contribution in [3.63, 3.8) is 0 Å². The number of carbonyl (C=O) groups excluding carboxylic acids is 1. The molecule has 1 aliphatic rings.